The van der Waals surface area contributed by atoms with Crippen molar-refractivity contribution in [3.05, 3.63) is 58.6 Å². The first-order valence-corrected chi connectivity index (χ1v) is 7.57. The van der Waals surface area contributed by atoms with Gasteiger partial charge in [0.15, 0.2) is 0 Å². The van der Waals surface area contributed by atoms with Crippen LogP contribution in [0.5, 0.6) is 11.5 Å². The third-order valence-electron chi connectivity index (χ3n) is 3.07. The van der Waals surface area contributed by atoms with Crippen molar-refractivity contribution in [2.45, 2.75) is 25.9 Å². The number of hydrogen-bond donors (Lipinski definition) is 1. The van der Waals surface area contributed by atoms with Crippen LogP contribution in [0, 0.1) is 11.8 Å². The van der Waals surface area contributed by atoms with Crippen LogP contribution in [0.1, 0.15) is 25.8 Å². The Kier molecular flexibility index (Phi) is 5.06. The van der Waals surface area contributed by atoms with Gasteiger partial charge >= 0.3 is 0 Å². The van der Waals surface area contributed by atoms with Gasteiger partial charge in [-0.05, 0) is 61.9 Å². The van der Waals surface area contributed by atoms with Gasteiger partial charge in [0.25, 0.3) is 0 Å². The predicted octanol–water partition coefficient (Wildman–Crippen LogP) is 4.75. The highest BCUT2D eigenvalue weighted by molar-refractivity contribution is 9.10. The topological polar surface area (TPSA) is 29.5 Å². The largest absolute Gasteiger partial charge is 0.457 e. The molecule has 0 amide bonds. The maximum absolute atomic E-state index is 9.85. The van der Waals surface area contributed by atoms with E-state index < -0.39 is 5.60 Å². The average Bonchev–Trinajstić information content (AvgIpc) is 2.49. The molecule has 0 aliphatic carbocycles. The molecule has 2 nitrogen and oxygen atoms in total. The van der Waals surface area contributed by atoms with Gasteiger partial charge in [0, 0.05) is 10.0 Å². The first-order chi connectivity index (χ1) is 9.98. The van der Waals surface area contributed by atoms with Crippen molar-refractivity contribution in [2.75, 3.05) is 0 Å². The smallest absolute Gasteiger partial charge is 0.127 e. The van der Waals surface area contributed by atoms with E-state index in [9.17, 15) is 5.11 Å². The Bertz CT molecular complexity index is 646. The lowest BCUT2D eigenvalue weighted by Gasteiger charge is -2.11. The molecule has 0 fully saturated rings. The molecule has 0 bridgehead atoms. The van der Waals surface area contributed by atoms with Crippen molar-refractivity contribution in [1.29, 1.82) is 0 Å². The zero-order chi connectivity index (χ0) is 15.3. The van der Waals surface area contributed by atoms with Gasteiger partial charge in [-0.25, -0.2) is 0 Å². The Labute approximate surface area is 133 Å². The zero-order valence-electron chi connectivity index (χ0n) is 12.1. The Balaban J connectivity index is 2.07. The third-order valence-corrected chi connectivity index (χ3v) is 3.60. The van der Waals surface area contributed by atoms with Crippen molar-refractivity contribution < 1.29 is 9.84 Å². The summed E-state index contributed by atoms with van der Waals surface area (Å²) in [5, 5.41) is 9.85. The average molecular weight is 345 g/mol. The molecule has 2 rings (SSSR count). The molecule has 2 aromatic carbocycles. The van der Waals surface area contributed by atoms with Crippen molar-refractivity contribution in [3.8, 4) is 23.3 Å². The summed E-state index contributed by atoms with van der Waals surface area (Å²) in [7, 11) is 0. The number of benzene rings is 2. The van der Waals surface area contributed by atoms with Gasteiger partial charge in [0.05, 0.1) is 0 Å². The minimum absolute atomic E-state index is 0.602. The molecule has 21 heavy (non-hydrogen) atoms. The molecule has 0 aromatic heterocycles. The monoisotopic (exact) mass is 344 g/mol. The van der Waals surface area contributed by atoms with Crippen LogP contribution < -0.4 is 4.74 Å². The summed E-state index contributed by atoms with van der Waals surface area (Å²) in [5.74, 6) is 7.37. The summed E-state index contributed by atoms with van der Waals surface area (Å²) in [6.45, 7) is 3.62. The lowest BCUT2D eigenvalue weighted by atomic mass is 10.0. The van der Waals surface area contributed by atoms with E-state index in [-0.39, 0.29) is 0 Å². The zero-order valence-corrected chi connectivity index (χ0v) is 13.6. The van der Waals surface area contributed by atoms with Crippen molar-refractivity contribution in [2.24, 2.45) is 0 Å². The van der Waals surface area contributed by atoms with Crippen LogP contribution in [0.3, 0.4) is 0 Å². The number of rotatable bonds is 3. The van der Waals surface area contributed by atoms with Gasteiger partial charge < -0.3 is 9.84 Å². The fourth-order valence-corrected chi connectivity index (χ4v) is 1.80. The van der Waals surface area contributed by atoms with E-state index >= 15 is 0 Å². The van der Waals surface area contributed by atoms with Crippen LogP contribution in [0.25, 0.3) is 0 Å². The summed E-state index contributed by atoms with van der Waals surface area (Å²) in [4.78, 5) is 0. The summed E-state index contributed by atoms with van der Waals surface area (Å²) in [6, 6.07) is 15.2. The normalized spacial score (nSPS) is 13.0. The van der Waals surface area contributed by atoms with Crippen LogP contribution in [0.2, 0.25) is 0 Å². The summed E-state index contributed by atoms with van der Waals surface area (Å²) >= 11 is 3.39. The number of halogens is 1. The third kappa shape index (κ3) is 4.93. The van der Waals surface area contributed by atoms with Crippen LogP contribution in [-0.2, 0) is 0 Å². The fraction of sp³-hybridized carbons (Fsp3) is 0.222. The van der Waals surface area contributed by atoms with E-state index in [1.54, 1.807) is 6.92 Å². The fourth-order valence-electron chi connectivity index (χ4n) is 1.54. The first-order valence-electron chi connectivity index (χ1n) is 6.77. The van der Waals surface area contributed by atoms with E-state index in [1.165, 1.54) is 0 Å². The molecular formula is C18H17BrO2. The van der Waals surface area contributed by atoms with Gasteiger partial charge in [-0.3, -0.25) is 0 Å². The number of hydrogen-bond acceptors (Lipinski definition) is 2. The summed E-state index contributed by atoms with van der Waals surface area (Å²) < 4.78 is 6.75. The van der Waals surface area contributed by atoms with Crippen molar-refractivity contribution in [1.82, 2.24) is 0 Å². The van der Waals surface area contributed by atoms with Crippen LogP contribution >= 0.6 is 15.9 Å². The molecule has 1 unspecified atom stereocenters. The molecule has 0 saturated heterocycles. The molecular weight excluding hydrogens is 328 g/mol. The molecule has 0 heterocycles. The van der Waals surface area contributed by atoms with Crippen LogP contribution in [0.4, 0.5) is 0 Å². The second kappa shape index (κ2) is 6.80. The summed E-state index contributed by atoms with van der Waals surface area (Å²) in [5.41, 5.74) is -0.0843. The maximum Gasteiger partial charge on any atom is 0.127 e. The van der Waals surface area contributed by atoms with E-state index in [4.69, 9.17) is 4.74 Å². The predicted molar refractivity (Wildman–Crippen MR) is 88.5 cm³/mol. The molecule has 1 N–H and O–H groups in total. The Morgan fingerprint density at radius 3 is 2.10 bits per heavy atom. The molecule has 3 heteroatoms. The van der Waals surface area contributed by atoms with E-state index in [0.29, 0.717) is 6.42 Å². The van der Waals surface area contributed by atoms with Gasteiger partial charge in [0.2, 0.25) is 0 Å². The van der Waals surface area contributed by atoms with Crippen LogP contribution in [0.15, 0.2) is 53.0 Å². The molecule has 108 valence electrons. The standard InChI is InChI=1S/C18H17BrO2/c1-3-18(2,20)13-12-14-4-8-16(9-5-14)21-17-10-6-15(19)7-11-17/h4-11,20H,3H2,1-2H3. The van der Waals surface area contributed by atoms with Gasteiger partial charge in [-0.15, -0.1) is 0 Å². The van der Waals surface area contributed by atoms with Crippen molar-refractivity contribution >= 4 is 15.9 Å². The van der Waals surface area contributed by atoms with Crippen molar-refractivity contribution in [3.63, 3.8) is 0 Å². The van der Waals surface area contributed by atoms with Gasteiger partial charge in [0.1, 0.15) is 17.1 Å². The molecule has 0 radical (unpaired) electrons. The first kappa shape index (κ1) is 15.6. The Morgan fingerprint density at radius 1 is 1.05 bits per heavy atom. The SMILES string of the molecule is CCC(C)(O)C#Cc1ccc(Oc2ccc(Br)cc2)cc1. The van der Waals surface area contributed by atoms with E-state index in [0.717, 1.165) is 21.5 Å². The van der Waals surface area contributed by atoms with Crippen LogP contribution in [-0.4, -0.2) is 10.7 Å². The van der Waals surface area contributed by atoms with E-state index in [2.05, 4.69) is 27.8 Å². The van der Waals surface area contributed by atoms with Gasteiger partial charge in [-0.2, -0.15) is 0 Å². The number of aliphatic hydroxyl groups is 1. The highest BCUT2D eigenvalue weighted by Gasteiger charge is 2.12. The van der Waals surface area contributed by atoms with Gasteiger partial charge in [-0.1, -0.05) is 34.7 Å². The minimum atomic E-state index is -0.938. The molecule has 0 aliphatic rings. The van der Waals surface area contributed by atoms with E-state index in [1.807, 2.05) is 55.5 Å². The highest BCUT2D eigenvalue weighted by Crippen LogP contribution is 2.23. The molecule has 2 aromatic rings. The minimum Gasteiger partial charge on any atom is -0.457 e. The maximum atomic E-state index is 9.85. The molecule has 0 saturated carbocycles. The highest BCUT2D eigenvalue weighted by atomic mass is 79.9. The number of ether oxygens (including phenoxy) is 1. The second-order valence-corrected chi connectivity index (χ2v) is 5.87. The molecule has 0 aliphatic heterocycles. The second-order valence-electron chi connectivity index (χ2n) is 4.96. The lowest BCUT2D eigenvalue weighted by Crippen LogP contribution is -2.19. The Hall–Kier alpha value is -1.76. The molecule has 1 atom stereocenters. The molecule has 0 spiro atoms. The quantitative estimate of drug-likeness (QED) is 0.813. The summed E-state index contributed by atoms with van der Waals surface area (Å²) in [6.07, 6.45) is 0.602. The lowest BCUT2D eigenvalue weighted by molar-refractivity contribution is 0.118. The Morgan fingerprint density at radius 2 is 1.57 bits per heavy atom.